The summed E-state index contributed by atoms with van der Waals surface area (Å²) in [5.74, 6) is 0.678. The summed E-state index contributed by atoms with van der Waals surface area (Å²) >= 11 is 0. The Labute approximate surface area is 147 Å². The van der Waals surface area contributed by atoms with Crippen molar-refractivity contribution in [2.75, 3.05) is 26.7 Å². The number of carbonyl (C=O) groups is 1. The summed E-state index contributed by atoms with van der Waals surface area (Å²) in [6.07, 6.45) is 4.15. The number of halogens is 3. The van der Waals surface area contributed by atoms with Crippen LogP contribution in [-0.4, -0.2) is 33.7 Å². The second kappa shape index (κ2) is 16.4. The van der Waals surface area contributed by atoms with E-state index in [4.69, 9.17) is 4.74 Å². The molecule has 1 rings (SSSR count). The number of benzene rings is 1. The van der Waals surface area contributed by atoms with E-state index in [9.17, 15) is 18.0 Å². The first-order chi connectivity index (χ1) is 11.9. The van der Waals surface area contributed by atoms with E-state index in [1.165, 1.54) is 0 Å². The zero-order valence-electron chi connectivity index (χ0n) is 15.3. The maximum absolute atomic E-state index is 11.6. The highest BCUT2D eigenvalue weighted by atomic mass is 19.3. The van der Waals surface area contributed by atoms with Gasteiger partial charge in [0.2, 0.25) is 6.43 Å². The number of hydrogen-bond acceptors (Lipinski definition) is 3. The third-order valence-electron chi connectivity index (χ3n) is 2.51. The summed E-state index contributed by atoms with van der Waals surface area (Å²) < 4.78 is 35.3. The number of nitrogens with one attached hydrogen (secondary N) is 2. The van der Waals surface area contributed by atoms with Gasteiger partial charge in [-0.15, -0.1) is 0 Å². The predicted octanol–water partition coefficient (Wildman–Crippen LogP) is 4.56. The molecule has 142 valence electrons. The fraction of sp³-hybridized carbons (Fsp3) is 0.389. The van der Waals surface area contributed by atoms with Crippen molar-refractivity contribution in [3.8, 4) is 5.75 Å². The van der Waals surface area contributed by atoms with Gasteiger partial charge < -0.3 is 15.4 Å². The van der Waals surface area contributed by atoms with Crippen molar-refractivity contribution in [1.82, 2.24) is 5.32 Å². The molecule has 0 aliphatic carbocycles. The van der Waals surface area contributed by atoms with Crippen molar-refractivity contribution in [3.63, 3.8) is 0 Å². The molecule has 0 aliphatic rings. The Bertz CT molecular complexity index is 513. The molecule has 7 heteroatoms. The molecule has 4 nitrogen and oxygen atoms in total. The first-order valence-electron chi connectivity index (χ1n) is 7.59. The van der Waals surface area contributed by atoms with E-state index >= 15 is 0 Å². The summed E-state index contributed by atoms with van der Waals surface area (Å²) in [5.41, 5.74) is 1.48. The van der Waals surface area contributed by atoms with Gasteiger partial charge in [-0.05, 0) is 37.6 Å². The Balaban J connectivity index is 0. The van der Waals surface area contributed by atoms with Crippen molar-refractivity contribution in [1.29, 1.82) is 0 Å². The van der Waals surface area contributed by atoms with Crippen LogP contribution < -0.4 is 15.4 Å². The number of amides is 1. The van der Waals surface area contributed by atoms with E-state index in [0.717, 1.165) is 24.8 Å². The summed E-state index contributed by atoms with van der Waals surface area (Å²) in [4.78, 5) is 11.6. The van der Waals surface area contributed by atoms with Gasteiger partial charge in [-0.25, -0.2) is 8.78 Å². The molecule has 0 spiro atoms. The number of methoxy groups -OCH3 is 1. The van der Waals surface area contributed by atoms with E-state index in [-0.39, 0.29) is 5.91 Å². The molecule has 0 saturated heterocycles. The minimum absolute atomic E-state index is 0.120. The average molecular weight is 360 g/mol. The number of likely N-dealkylation sites (N-methyl/N-ethyl adjacent to an activating group) is 1. The maximum atomic E-state index is 11.6. The van der Waals surface area contributed by atoms with Crippen molar-refractivity contribution in [3.05, 3.63) is 48.2 Å². The lowest BCUT2D eigenvalue weighted by Crippen LogP contribution is -2.19. The highest BCUT2D eigenvalue weighted by Gasteiger charge is 2.02. The third kappa shape index (κ3) is 13.7. The van der Waals surface area contributed by atoms with Crippen LogP contribution in [0.25, 0.3) is 0 Å². The quantitative estimate of drug-likeness (QED) is 0.578. The lowest BCUT2D eigenvalue weighted by molar-refractivity contribution is -0.116. The number of alkyl halides is 3. The molecule has 0 heterocycles. The van der Waals surface area contributed by atoms with Gasteiger partial charge in [0.05, 0.1) is 19.9 Å². The smallest absolute Gasteiger partial charge is 0.252 e. The molecule has 25 heavy (non-hydrogen) atoms. The summed E-state index contributed by atoms with van der Waals surface area (Å²) in [7, 11) is 3.74. The first-order valence-corrected chi connectivity index (χ1v) is 7.59. The van der Waals surface area contributed by atoms with Gasteiger partial charge in [0.25, 0.3) is 5.91 Å². The van der Waals surface area contributed by atoms with E-state index in [0.29, 0.717) is 12.8 Å². The van der Waals surface area contributed by atoms with Crippen molar-refractivity contribution >= 4 is 11.6 Å². The largest absolute Gasteiger partial charge is 0.497 e. The van der Waals surface area contributed by atoms with Crippen molar-refractivity contribution in [2.24, 2.45) is 0 Å². The molecule has 1 aromatic carbocycles. The van der Waals surface area contributed by atoms with Crippen LogP contribution in [0.5, 0.6) is 5.75 Å². The second-order valence-corrected chi connectivity index (χ2v) is 4.38. The van der Waals surface area contributed by atoms with Crippen LogP contribution in [0.2, 0.25) is 0 Å². The van der Waals surface area contributed by atoms with Crippen LogP contribution in [0.4, 0.5) is 18.9 Å². The average Bonchev–Trinajstić information content (AvgIpc) is 2.63. The number of ether oxygens (including phenoxy) is 1. The molecule has 0 fully saturated rings. The van der Waals surface area contributed by atoms with Crippen LogP contribution in [0.1, 0.15) is 20.3 Å². The fourth-order valence-electron chi connectivity index (χ4n) is 1.43. The van der Waals surface area contributed by atoms with E-state index in [1.54, 1.807) is 26.4 Å². The van der Waals surface area contributed by atoms with E-state index in [2.05, 4.69) is 10.6 Å². The SMILES string of the molecule is CC(F)F.CC/C=C/C(=C/Nc1ccc(OC)cc1)C(=O)NC.CF. The zero-order chi connectivity index (χ0) is 19.7. The molecule has 0 bridgehead atoms. The van der Waals surface area contributed by atoms with Crippen LogP contribution >= 0.6 is 0 Å². The lowest BCUT2D eigenvalue weighted by atomic mass is 10.2. The number of carbonyl (C=O) groups excluding carboxylic acids is 1. The molecular weight excluding hydrogens is 333 g/mol. The van der Waals surface area contributed by atoms with E-state index in [1.807, 2.05) is 37.3 Å². The van der Waals surface area contributed by atoms with Crippen molar-refractivity contribution < 1.29 is 22.7 Å². The molecule has 1 amide bonds. The van der Waals surface area contributed by atoms with Gasteiger partial charge in [0.15, 0.2) is 0 Å². The van der Waals surface area contributed by atoms with Crippen molar-refractivity contribution in [2.45, 2.75) is 26.7 Å². The number of allylic oxidation sites excluding steroid dienone is 1. The molecule has 0 aliphatic heterocycles. The van der Waals surface area contributed by atoms with Crippen LogP contribution in [0, 0.1) is 0 Å². The predicted molar refractivity (Wildman–Crippen MR) is 96.9 cm³/mol. The molecule has 0 atom stereocenters. The monoisotopic (exact) mass is 360 g/mol. The van der Waals surface area contributed by atoms with Gasteiger partial charge >= 0.3 is 0 Å². The summed E-state index contributed by atoms with van der Waals surface area (Å²) in [6, 6.07) is 7.50. The zero-order valence-corrected chi connectivity index (χ0v) is 15.3. The van der Waals surface area contributed by atoms with Gasteiger partial charge in [-0.1, -0.05) is 19.1 Å². The van der Waals surface area contributed by atoms with Gasteiger partial charge in [0.1, 0.15) is 5.75 Å². The minimum atomic E-state index is -2.17. The molecule has 0 aromatic heterocycles. The maximum Gasteiger partial charge on any atom is 0.252 e. The van der Waals surface area contributed by atoms with E-state index < -0.39 is 6.43 Å². The van der Waals surface area contributed by atoms with Crippen LogP contribution in [-0.2, 0) is 4.79 Å². The number of anilines is 1. The molecule has 1 aromatic rings. The highest BCUT2D eigenvalue weighted by Crippen LogP contribution is 2.15. The minimum Gasteiger partial charge on any atom is -0.497 e. The topological polar surface area (TPSA) is 50.4 Å². The highest BCUT2D eigenvalue weighted by molar-refractivity contribution is 5.96. The summed E-state index contributed by atoms with van der Waals surface area (Å²) in [5, 5.41) is 5.70. The molecule has 0 radical (unpaired) electrons. The Morgan fingerprint density at radius 2 is 1.76 bits per heavy atom. The Kier molecular flexibility index (Phi) is 16.3. The molecule has 0 saturated carbocycles. The van der Waals surface area contributed by atoms with Gasteiger partial charge in [-0.3, -0.25) is 9.18 Å². The normalized spacial score (nSPS) is 10.4. The van der Waals surface area contributed by atoms with Gasteiger partial charge in [-0.2, -0.15) is 0 Å². The first kappa shape index (κ1) is 24.8. The lowest BCUT2D eigenvalue weighted by Gasteiger charge is -2.05. The Morgan fingerprint density at radius 1 is 1.24 bits per heavy atom. The summed E-state index contributed by atoms with van der Waals surface area (Å²) in [6.45, 7) is 2.86. The fourth-order valence-corrected chi connectivity index (χ4v) is 1.43. The molecule has 2 N–H and O–H groups in total. The number of hydrogen-bond donors (Lipinski definition) is 2. The van der Waals surface area contributed by atoms with Gasteiger partial charge in [0, 0.05) is 18.9 Å². The third-order valence-corrected chi connectivity index (χ3v) is 2.51. The number of rotatable bonds is 6. The Hall–Kier alpha value is -2.44. The molecular formula is C18H27F3N2O2. The standard InChI is InChI=1S/C15H20N2O2.C2H4F2.CH3F/c1-4-5-6-12(15(18)16-2)11-17-13-7-9-14(19-3)10-8-13;1-2(3)4;1-2/h5-11,17H,4H2,1-3H3,(H,16,18);2H,1H3;1H3/b6-5+,12-11-;;. The van der Waals surface area contributed by atoms with Crippen LogP contribution in [0.15, 0.2) is 48.2 Å². The second-order valence-electron chi connectivity index (χ2n) is 4.38. The Morgan fingerprint density at radius 3 is 2.16 bits per heavy atom. The van der Waals surface area contributed by atoms with Crippen LogP contribution in [0.3, 0.4) is 0 Å². The molecule has 0 unspecified atom stereocenters.